The van der Waals surface area contributed by atoms with Gasteiger partial charge < -0.3 is 5.11 Å². The average Bonchev–Trinajstić information content (AvgIpc) is 2.83. The smallest absolute Gasteiger partial charge is 0.126 e. The highest BCUT2D eigenvalue weighted by atomic mass is 32.1. The molecule has 1 heterocycles. The fraction of sp³-hybridized carbons (Fsp3) is 0.385. The number of halogens is 2. The highest BCUT2D eigenvalue weighted by molar-refractivity contribution is 7.05. The van der Waals surface area contributed by atoms with Gasteiger partial charge in [0.1, 0.15) is 11.6 Å². The predicted molar refractivity (Wildman–Crippen MR) is 69.0 cm³/mol. The minimum Gasteiger partial charge on any atom is -0.387 e. The molecule has 2 aromatic rings. The minimum absolute atomic E-state index is 0.00713. The van der Waals surface area contributed by atoms with E-state index in [1.165, 1.54) is 0 Å². The molecule has 2 rings (SSSR count). The molecule has 0 saturated heterocycles. The Hall–Kier alpha value is -1.40. The van der Waals surface area contributed by atoms with Gasteiger partial charge in [0.2, 0.25) is 0 Å². The van der Waals surface area contributed by atoms with Gasteiger partial charge in [-0.1, -0.05) is 18.3 Å². The molecule has 3 nitrogen and oxygen atoms in total. The van der Waals surface area contributed by atoms with Crippen LogP contribution in [-0.2, 0) is 6.42 Å². The van der Waals surface area contributed by atoms with Crippen molar-refractivity contribution >= 4 is 11.5 Å². The molecule has 6 heteroatoms. The maximum Gasteiger partial charge on any atom is 0.126 e. The van der Waals surface area contributed by atoms with Crippen LogP contribution in [0, 0.1) is 11.6 Å². The van der Waals surface area contributed by atoms with E-state index in [0.29, 0.717) is 10.6 Å². The Morgan fingerprint density at radius 1 is 1.32 bits per heavy atom. The number of aromatic nitrogens is 2. The SMILES string of the molecule is CC(C)c1nnsc1C(O)Cc1cc(F)ccc1F. The van der Waals surface area contributed by atoms with E-state index in [9.17, 15) is 13.9 Å². The maximum atomic E-state index is 13.5. The van der Waals surface area contributed by atoms with Crippen molar-refractivity contribution in [1.29, 1.82) is 0 Å². The van der Waals surface area contributed by atoms with Crippen molar-refractivity contribution in [2.45, 2.75) is 32.3 Å². The summed E-state index contributed by atoms with van der Waals surface area (Å²) in [6, 6.07) is 3.22. The molecule has 0 aliphatic heterocycles. The Kier molecular flexibility index (Phi) is 4.21. The molecule has 102 valence electrons. The monoisotopic (exact) mass is 284 g/mol. The van der Waals surface area contributed by atoms with Gasteiger partial charge in [-0.05, 0) is 41.2 Å². The lowest BCUT2D eigenvalue weighted by Gasteiger charge is -2.12. The lowest BCUT2D eigenvalue weighted by molar-refractivity contribution is 0.179. The molecule has 0 spiro atoms. The van der Waals surface area contributed by atoms with Crippen LogP contribution in [0.1, 0.15) is 42.0 Å². The van der Waals surface area contributed by atoms with Gasteiger partial charge in [0.05, 0.1) is 16.7 Å². The topological polar surface area (TPSA) is 46.0 Å². The van der Waals surface area contributed by atoms with Gasteiger partial charge >= 0.3 is 0 Å². The lowest BCUT2D eigenvalue weighted by Crippen LogP contribution is -2.06. The minimum atomic E-state index is -0.923. The van der Waals surface area contributed by atoms with Crippen LogP contribution in [0.2, 0.25) is 0 Å². The first-order chi connectivity index (χ1) is 8.99. The van der Waals surface area contributed by atoms with E-state index in [-0.39, 0.29) is 17.9 Å². The second kappa shape index (κ2) is 5.71. The largest absolute Gasteiger partial charge is 0.387 e. The van der Waals surface area contributed by atoms with Crippen LogP contribution in [0.3, 0.4) is 0 Å². The van der Waals surface area contributed by atoms with Gasteiger partial charge in [0.15, 0.2) is 0 Å². The van der Waals surface area contributed by atoms with E-state index >= 15 is 0 Å². The average molecular weight is 284 g/mol. The number of hydrogen-bond donors (Lipinski definition) is 1. The third kappa shape index (κ3) is 3.13. The standard InChI is InChI=1S/C13H14F2N2OS/c1-7(2)12-13(19-17-16-12)11(18)6-8-5-9(14)3-4-10(8)15/h3-5,7,11,18H,6H2,1-2H3. The fourth-order valence-corrected chi connectivity index (χ4v) is 2.63. The number of rotatable bonds is 4. The molecule has 0 saturated carbocycles. The number of aliphatic hydroxyl groups is 1. The van der Waals surface area contributed by atoms with Crippen molar-refractivity contribution in [3.05, 3.63) is 46.0 Å². The van der Waals surface area contributed by atoms with Crippen LogP contribution in [0.15, 0.2) is 18.2 Å². The first-order valence-corrected chi connectivity index (χ1v) is 6.70. The number of benzene rings is 1. The summed E-state index contributed by atoms with van der Waals surface area (Å²) in [4.78, 5) is 0.610. The summed E-state index contributed by atoms with van der Waals surface area (Å²) < 4.78 is 30.4. The van der Waals surface area contributed by atoms with Crippen molar-refractivity contribution in [3.63, 3.8) is 0 Å². The summed E-state index contributed by atoms with van der Waals surface area (Å²) in [6.07, 6.45) is -0.915. The molecule has 1 unspecified atom stereocenters. The number of hydrogen-bond acceptors (Lipinski definition) is 4. The van der Waals surface area contributed by atoms with Crippen molar-refractivity contribution in [1.82, 2.24) is 9.59 Å². The third-order valence-electron chi connectivity index (χ3n) is 2.81. The summed E-state index contributed by atoms with van der Waals surface area (Å²) in [7, 11) is 0. The normalized spacial score (nSPS) is 12.9. The molecule has 19 heavy (non-hydrogen) atoms. The van der Waals surface area contributed by atoms with Crippen molar-refractivity contribution in [2.24, 2.45) is 0 Å². The third-order valence-corrected chi connectivity index (χ3v) is 3.65. The van der Waals surface area contributed by atoms with Gasteiger partial charge in [0, 0.05) is 6.42 Å². The number of nitrogens with zero attached hydrogens (tertiary/aromatic N) is 2. The van der Waals surface area contributed by atoms with E-state index in [1.54, 1.807) is 0 Å². The molecule has 1 N–H and O–H groups in total. The molecular weight excluding hydrogens is 270 g/mol. The quantitative estimate of drug-likeness (QED) is 0.937. The molecule has 1 aromatic heterocycles. The van der Waals surface area contributed by atoms with Gasteiger partial charge in [-0.3, -0.25) is 0 Å². The Labute approximate surface area is 114 Å². The molecule has 0 amide bonds. The highest BCUT2D eigenvalue weighted by Gasteiger charge is 2.20. The van der Waals surface area contributed by atoms with Crippen LogP contribution in [0.25, 0.3) is 0 Å². The summed E-state index contributed by atoms with van der Waals surface area (Å²) in [6.45, 7) is 3.88. The van der Waals surface area contributed by atoms with Crippen LogP contribution in [0.5, 0.6) is 0 Å². The van der Waals surface area contributed by atoms with Crippen LogP contribution >= 0.6 is 11.5 Å². The summed E-state index contributed by atoms with van der Waals surface area (Å²) in [5.41, 5.74) is 0.852. The van der Waals surface area contributed by atoms with Gasteiger partial charge in [0.25, 0.3) is 0 Å². The fourth-order valence-electron chi connectivity index (χ4n) is 1.84. The second-order valence-electron chi connectivity index (χ2n) is 4.63. The highest BCUT2D eigenvalue weighted by Crippen LogP contribution is 2.29. The first kappa shape index (κ1) is 14.0. The van der Waals surface area contributed by atoms with Crippen LogP contribution < -0.4 is 0 Å². The van der Waals surface area contributed by atoms with Crippen molar-refractivity contribution in [3.8, 4) is 0 Å². The molecule has 0 aliphatic carbocycles. The summed E-state index contributed by atoms with van der Waals surface area (Å²) >= 11 is 1.09. The molecule has 0 fully saturated rings. The van der Waals surface area contributed by atoms with E-state index in [1.807, 2.05) is 13.8 Å². The van der Waals surface area contributed by atoms with Crippen LogP contribution in [-0.4, -0.2) is 14.7 Å². The predicted octanol–water partition coefficient (Wildman–Crippen LogP) is 3.22. The molecule has 0 bridgehead atoms. The Morgan fingerprint density at radius 3 is 2.74 bits per heavy atom. The first-order valence-electron chi connectivity index (χ1n) is 5.93. The zero-order valence-corrected chi connectivity index (χ0v) is 11.4. The van der Waals surface area contributed by atoms with E-state index in [0.717, 1.165) is 29.7 Å². The van der Waals surface area contributed by atoms with Gasteiger partial charge in [-0.15, -0.1) is 5.10 Å². The molecule has 0 aliphatic rings. The zero-order valence-electron chi connectivity index (χ0n) is 10.6. The summed E-state index contributed by atoms with van der Waals surface area (Å²) in [5.74, 6) is -0.917. The molecule has 1 aromatic carbocycles. The van der Waals surface area contributed by atoms with Gasteiger partial charge in [-0.2, -0.15) is 0 Å². The zero-order chi connectivity index (χ0) is 14.0. The molecule has 0 radical (unpaired) electrons. The Bertz CT molecular complexity index is 572. The van der Waals surface area contributed by atoms with E-state index in [4.69, 9.17) is 0 Å². The van der Waals surface area contributed by atoms with E-state index < -0.39 is 17.7 Å². The van der Waals surface area contributed by atoms with Crippen molar-refractivity contribution in [2.75, 3.05) is 0 Å². The maximum absolute atomic E-state index is 13.5. The Morgan fingerprint density at radius 2 is 2.05 bits per heavy atom. The molecular formula is C13H14F2N2OS. The molecule has 1 atom stereocenters. The van der Waals surface area contributed by atoms with Crippen molar-refractivity contribution < 1.29 is 13.9 Å². The number of aliphatic hydroxyl groups excluding tert-OH is 1. The van der Waals surface area contributed by atoms with Gasteiger partial charge in [-0.25, -0.2) is 8.78 Å². The van der Waals surface area contributed by atoms with Crippen LogP contribution in [0.4, 0.5) is 8.78 Å². The summed E-state index contributed by atoms with van der Waals surface area (Å²) in [5, 5.41) is 14.1. The lowest BCUT2D eigenvalue weighted by atomic mass is 10.0. The van der Waals surface area contributed by atoms with E-state index in [2.05, 4.69) is 9.59 Å². The second-order valence-corrected chi connectivity index (χ2v) is 5.42. The Balaban J connectivity index is 2.23.